The molecule has 1 nitrogen and oxygen atoms in total. The summed E-state index contributed by atoms with van der Waals surface area (Å²) in [6, 6.07) is 0. The summed E-state index contributed by atoms with van der Waals surface area (Å²) in [5.74, 6) is 0. The van der Waals surface area contributed by atoms with Gasteiger partial charge in [0.1, 0.15) is 0 Å². The summed E-state index contributed by atoms with van der Waals surface area (Å²) in [4.78, 5) is 0. The van der Waals surface area contributed by atoms with Crippen LogP contribution in [-0.2, 0) is 0 Å². The van der Waals surface area contributed by atoms with Crippen molar-refractivity contribution in [3.63, 3.8) is 0 Å². The highest BCUT2D eigenvalue weighted by atomic mass is 35.5. The second kappa shape index (κ2) is 15.6. The lowest BCUT2D eigenvalue weighted by atomic mass is 10.3. The van der Waals surface area contributed by atoms with Gasteiger partial charge in [-0.1, -0.05) is 13.3 Å². The second-order valence-corrected chi connectivity index (χ2v) is 2.05. The smallest absolute Gasteiger partial charge is 0.0967 e. The summed E-state index contributed by atoms with van der Waals surface area (Å²) < 4.78 is 0. The van der Waals surface area contributed by atoms with Gasteiger partial charge in [-0.25, -0.2) is 0 Å². The van der Waals surface area contributed by atoms with Crippen LogP contribution in [0.25, 0.3) is 0 Å². The lowest BCUT2D eigenvalue weighted by Crippen LogP contribution is -1.95. The molecule has 0 saturated heterocycles. The van der Waals surface area contributed by atoms with Crippen molar-refractivity contribution in [2.24, 2.45) is 5.73 Å². The van der Waals surface area contributed by atoms with E-state index in [1.807, 2.05) is 0 Å². The summed E-state index contributed by atoms with van der Waals surface area (Å²) in [5.41, 5.74) is 5.14. The molecule has 52 valence electrons. The van der Waals surface area contributed by atoms with Crippen LogP contribution in [0.5, 0.6) is 0 Å². The van der Waals surface area contributed by atoms with Gasteiger partial charge in [0, 0.05) is 0 Å². The maximum absolute atomic E-state index is 5.14. The van der Waals surface area contributed by atoms with Crippen molar-refractivity contribution in [2.75, 3.05) is 11.9 Å². The second-order valence-electron chi connectivity index (χ2n) is 1.24. The van der Waals surface area contributed by atoms with E-state index in [2.05, 4.69) is 6.92 Å². The summed E-state index contributed by atoms with van der Waals surface area (Å²) in [6.07, 6.45) is 2.39. The highest BCUT2D eigenvalue weighted by Gasteiger charge is 1.67. The third-order valence-corrected chi connectivity index (χ3v) is 0.558. The van der Waals surface area contributed by atoms with Crippen LogP contribution in [0.2, 0.25) is 0 Å². The fraction of sp³-hybridized carbons (Fsp3) is 1.00. The van der Waals surface area contributed by atoms with Gasteiger partial charge >= 0.3 is 0 Å². The topological polar surface area (TPSA) is 26.0 Å². The molecule has 0 unspecified atom stereocenters. The summed E-state index contributed by atoms with van der Waals surface area (Å²) in [5, 5.41) is 0.194. The van der Waals surface area contributed by atoms with Crippen LogP contribution in [0, 0.1) is 0 Å². The van der Waals surface area contributed by atoms with Gasteiger partial charge in [-0.05, 0) is 13.0 Å². The van der Waals surface area contributed by atoms with Gasteiger partial charge in [-0.15, -0.1) is 23.2 Å². The van der Waals surface area contributed by atoms with Gasteiger partial charge in [0.05, 0.1) is 5.34 Å². The van der Waals surface area contributed by atoms with Crippen molar-refractivity contribution < 1.29 is 0 Å². The first-order valence-corrected chi connectivity index (χ1v) is 3.72. The molecule has 2 N–H and O–H groups in total. The minimum Gasteiger partial charge on any atom is -0.330 e. The molecule has 0 radical (unpaired) electrons. The molecule has 0 aliphatic rings. The van der Waals surface area contributed by atoms with Crippen LogP contribution in [0.15, 0.2) is 0 Å². The fourth-order valence-corrected chi connectivity index (χ4v) is 0.204. The minimum absolute atomic E-state index is 0.194. The molecule has 0 aliphatic carbocycles. The van der Waals surface area contributed by atoms with Crippen molar-refractivity contribution in [1.82, 2.24) is 0 Å². The van der Waals surface area contributed by atoms with E-state index >= 15 is 0 Å². The van der Waals surface area contributed by atoms with Crippen LogP contribution < -0.4 is 5.73 Å². The van der Waals surface area contributed by atoms with E-state index in [0.29, 0.717) is 0 Å². The standard InChI is InChI=1S/C4H11N.CH2Cl2/c1-2-3-4-5;2-1-3/h2-5H2,1H3;1H2. The normalized spacial score (nSPS) is 7.50. The van der Waals surface area contributed by atoms with Gasteiger partial charge in [-0.2, -0.15) is 0 Å². The summed E-state index contributed by atoms with van der Waals surface area (Å²) in [7, 11) is 0. The molecule has 3 heteroatoms. The van der Waals surface area contributed by atoms with Crippen molar-refractivity contribution in [3.05, 3.63) is 0 Å². The Kier molecular flexibility index (Phi) is 22.2. The van der Waals surface area contributed by atoms with Crippen molar-refractivity contribution in [3.8, 4) is 0 Å². The van der Waals surface area contributed by atoms with E-state index in [1.54, 1.807) is 0 Å². The average Bonchev–Trinajstić information content (AvgIpc) is 1.71. The Morgan fingerprint density at radius 1 is 1.38 bits per heavy atom. The van der Waals surface area contributed by atoms with Crippen molar-refractivity contribution in [1.29, 1.82) is 0 Å². The number of unbranched alkanes of at least 4 members (excludes halogenated alkanes) is 1. The van der Waals surface area contributed by atoms with Crippen molar-refractivity contribution >= 4 is 23.2 Å². The monoisotopic (exact) mass is 157 g/mol. The van der Waals surface area contributed by atoms with Crippen LogP contribution in [0.1, 0.15) is 19.8 Å². The molecule has 8 heavy (non-hydrogen) atoms. The Balaban J connectivity index is 0. The van der Waals surface area contributed by atoms with Crippen LogP contribution in [0.3, 0.4) is 0 Å². The molecule has 0 aromatic carbocycles. The molecule has 0 aromatic rings. The Bertz CT molecular complexity index is 24.4. The average molecular weight is 158 g/mol. The van der Waals surface area contributed by atoms with Crippen LogP contribution in [-0.4, -0.2) is 11.9 Å². The molecule has 0 amide bonds. The Morgan fingerprint density at radius 3 is 1.75 bits per heavy atom. The van der Waals surface area contributed by atoms with E-state index in [1.165, 1.54) is 12.8 Å². The quantitative estimate of drug-likeness (QED) is 0.612. The molecule has 0 aromatic heterocycles. The van der Waals surface area contributed by atoms with Gasteiger partial charge in [0.25, 0.3) is 0 Å². The maximum Gasteiger partial charge on any atom is 0.0967 e. The molecule has 0 aliphatic heterocycles. The zero-order chi connectivity index (χ0) is 6.83. The molecule has 0 rings (SSSR count). The van der Waals surface area contributed by atoms with E-state index in [-0.39, 0.29) is 5.34 Å². The molecule has 0 spiro atoms. The maximum atomic E-state index is 5.14. The molecule has 0 fully saturated rings. The van der Waals surface area contributed by atoms with Gasteiger partial charge in [0.15, 0.2) is 0 Å². The first-order chi connectivity index (χ1) is 3.83. The third-order valence-electron chi connectivity index (χ3n) is 0.558. The number of halogens is 2. The molecule has 0 saturated carbocycles. The van der Waals surface area contributed by atoms with Crippen molar-refractivity contribution in [2.45, 2.75) is 19.8 Å². The van der Waals surface area contributed by atoms with E-state index in [4.69, 9.17) is 28.9 Å². The predicted molar refractivity (Wildman–Crippen MR) is 40.5 cm³/mol. The van der Waals surface area contributed by atoms with E-state index in [0.717, 1.165) is 6.54 Å². The number of rotatable bonds is 2. The molecular formula is C5H13Cl2N. The highest BCUT2D eigenvalue weighted by molar-refractivity contribution is 6.40. The lowest BCUT2D eigenvalue weighted by molar-refractivity contribution is 0.807. The molecular weight excluding hydrogens is 145 g/mol. The molecule has 0 atom stereocenters. The first-order valence-electron chi connectivity index (χ1n) is 2.65. The number of alkyl halides is 2. The van der Waals surface area contributed by atoms with Gasteiger partial charge in [-0.3, -0.25) is 0 Å². The van der Waals surface area contributed by atoms with Crippen LogP contribution in [0.4, 0.5) is 0 Å². The van der Waals surface area contributed by atoms with Gasteiger partial charge in [0.2, 0.25) is 0 Å². The first kappa shape index (κ1) is 11.4. The Labute approximate surface area is 61.2 Å². The number of nitrogens with two attached hydrogens (primary N) is 1. The molecule has 0 bridgehead atoms. The van der Waals surface area contributed by atoms with Gasteiger partial charge < -0.3 is 5.73 Å². The van der Waals surface area contributed by atoms with Crippen LogP contribution >= 0.6 is 23.2 Å². The Hall–Kier alpha value is 0.540. The predicted octanol–water partition coefficient (Wildman–Crippen LogP) is 2.17. The summed E-state index contributed by atoms with van der Waals surface area (Å²) >= 11 is 9.53. The zero-order valence-electron chi connectivity index (χ0n) is 5.16. The Morgan fingerprint density at radius 2 is 1.75 bits per heavy atom. The largest absolute Gasteiger partial charge is 0.330 e. The van der Waals surface area contributed by atoms with E-state index < -0.39 is 0 Å². The zero-order valence-corrected chi connectivity index (χ0v) is 6.67. The van der Waals surface area contributed by atoms with E-state index in [9.17, 15) is 0 Å². The SMILES string of the molecule is CCCCN.ClCCl. The number of hydrogen-bond donors (Lipinski definition) is 1. The highest BCUT2D eigenvalue weighted by Crippen LogP contribution is 1.77. The summed E-state index contributed by atoms with van der Waals surface area (Å²) in [6.45, 7) is 2.98. The number of hydrogen-bond acceptors (Lipinski definition) is 1. The fourth-order valence-electron chi connectivity index (χ4n) is 0.204. The lowest BCUT2D eigenvalue weighted by Gasteiger charge is -1.80. The third kappa shape index (κ3) is 31.1. The molecule has 0 heterocycles. The minimum atomic E-state index is 0.194.